The molecule has 1 aromatic rings. The molecule has 0 aromatic heterocycles. The van der Waals surface area contributed by atoms with Gasteiger partial charge in [0.1, 0.15) is 5.60 Å². The standard InChI is InChI=1S/C21H31Cl2N3O3/c1-15(13-24-20(28)29-21(2,3)4)11-19(27)26-9-7-25(8-10-26)14-16-5-6-17(22)18(23)12-16/h5-6,12,15H,7-11,13-14H2,1-4H3,(H,24,28). The number of hydrogen-bond donors (Lipinski definition) is 1. The number of nitrogens with zero attached hydrogens (tertiary/aromatic N) is 2. The number of benzene rings is 1. The molecule has 1 aliphatic rings. The first-order valence-electron chi connectivity index (χ1n) is 9.94. The van der Waals surface area contributed by atoms with Crippen LogP contribution in [0.2, 0.25) is 10.0 Å². The Labute approximate surface area is 183 Å². The molecule has 0 aliphatic carbocycles. The number of hydrogen-bond acceptors (Lipinski definition) is 4. The van der Waals surface area contributed by atoms with Crippen LogP contribution in [0.5, 0.6) is 0 Å². The summed E-state index contributed by atoms with van der Waals surface area (Å²) in [7, 11) is 0. The quantitative estimate of drug-likeness (QED) is 0.715. The molecule has 0 spiro atoms. The summed E-state index contributed by atoms with van der Waals surface area (Å²) in [4.78, 5) is 28.5. The van der Waals surface area contributed by atoms with Gasteiger partial charge in [0.25, 0.3) is 0 Å². The van der Waals surface area contributed by atoms with Gasteiger partial charge in [0.05, 0.1) is 10.0 Å². The normalized spacial score (nSPS) is 16.4. The second-order valence-corrected chi connectivity index (χ2v) is 9.41. The molecule has 1 unspecified atom stereocenters. The predicted octanol–water partition coefficient (Wildman–Crippen LogP) is 4.19. The molecule has 1 saturated heterocycles. The third-order valence-electron chi connectivity index (χ3n) is 4.63. The van der Waals surface area contributed by atoms with Crippen molar-refractivity contribution in [3.63, 3.8) is 0 Å². The second-order valence-electron chi connectivity index (χ2n) is 8.60. The third-order valence-corrected chi connectivity index (χ3v) is 5.37. The van der Waals surface area contributed by atoms with E-state index >= 15 is 0 Å². The smallest absolute Gasteiger partial charge is 0.407 e. The molecule has 1 heterocycles. The number of ether oxygens (including phenoxy) is 1. The molecule has 1 N–H and O–H groups in total. The lowest BCUT2D eigenvalue weighted by atomic mass is 10.1. The molecule has 2 rings (SSSR count). The highest BCUT2D eigenvalue weighted by Crippen LogP contribution is 2.23. The van der Waals surface area contributed by atoms with Crippen LogP contribution in [0.25, 0.3) is 0 Å². The number of halogens is 2. The number of amides is 2. The molecule has 6 nitrogen and oxygen atoms in total. The highest BCUT2D eigenvalue weighted by atomic mass is 35.5. The molecule has 0 saturated carbocycles. The van der Waals surface area contributed by atoms with Crippen molar-refractivity contribution >= 4 is 35.2 Å². The summed E-state index contributed by atoms with van der Waals surface area (Å²) < 4.78 is 5.22. The van der Waals surface area contributed by atoms with Crippen molar-refractivity contribution in [1.82, 2.24) is 15.1 Å². The van der Waals surface area contributed by atoms with Gasteiger partial charge >= 0.3 is 6.09 Å². The molecule has 2 amide bonds. The van der Waals surface area contributed by atoms with Crippen LogP contribution in [0.15, 0.2) is 18.2 Å². The van der Waals surface area contributed by atoms with E-state index < -0.39 is 11.7 Å². The topological polar surface area (TPSA) is 61.9 Å². The first-order chi connectivity index (χ1) is 13.5. The zero-order valence-corrected chi connectivity index (χ0v) is 19.1. The van der Waals surface area contributed by atoms with Gasteiger partial charge in [-0.2, -0.15) is 0 Å². The fourth-order valence-electron chi connectivity index (χ4n) is 3.12. The Morgan fingerprint density at radius 1 is 1.14 bits per heavy atom. The first kappa shape index (κ1) is 23.8. The summed E-state index contributed by atoms with van der Waals surface area (Å²) in [6, 6.07) is 5.68. The third kappa shape index (κ3) is 8.41. The summed E-state index contributed by atoms with van der Waals surface area (Å²) in [5.41, 5.74) is 0.584. The lowest BCUT2D eigenvalue weighted by molar-refractivity contribution is -0.133. The monoisotopic (exact) mass is 443 g/mol. The highest BCUT2D eigenvalue weighted by Gasteiger charge is 2.23. The van der Waals surface area contributed by atoms with Gasteiger partial charge in [-0.1, -0.05) is 36.2 Å². The fourth-order valence-corrected chi connectivity index (χ4v) is 3.44. The highest BCUT2D eigenvalue weighted by molar-refractivity contribution is 6.42. The summed E-state index contributed by atoms with van der Waals surface area (Å²) in [6.45, 7) is 11.6. The van der Waals surface area contributed by atoms with Crippen LogP contribution in [0.4, 0.5) is 4.79 Å². The Kier molecular flexibility index (Phi) is 8.61. The maximum atomic E-state index is 12.6. The van der Waals surface area contributed by atoms with E-state index in [1.165, 1.54) is 0 Å². The fraction of sp³-hybridized carbons (Fsp3) is 0.619. The number of nitrogens with one attached hydrogen (secondary N) is 1. The lowest BCUT2D eigenvalue weighted by Crippen LogP contribution is -2.48. The van der Waals surface area contributed by atoms with Crippen LogP contribution >= 0.6 is 23.2 Å². The van der Waals surface area contributed by atoms with Gasteiger partial charge < -0.3 is 15.0 Å². The zero-order valence-electron chi connectivity index (χ0n) is 17.6. The Bertz CT molecular complexity index is 714. The Morgan fingerprint density at radius 2 is 1.79 bits per heavy atom. The van der Waals surface area contributed by atoms with E-state index in [1.54, 1.807) is 0 Å². The van der Waals surface area contributed by atoms with E-state index in [0.29, 0.717) is 36.1 Å². The van der Waals surface area contributed by atoms with Gasteiger partial charge in [-0.05, 0) is 44.4 Å². The van der Waals surface area contributed by atoms with Gasteiger partial charge in [0, 0.05) is 45.7 Å². The lowest BCUT2D eigenvalue weighted by Gasteiger charge is -2.35. The van der Waals surface area contributed by atoms with Crippen LogP contribution in [-0.2, 0) is 16.1 Å². The minimum atomic E-state index is -0.528. The molecule has 8 heteroatoms. The second kappa shape index (κ2) is 10.5. The molecule has 162 valence electrons. The van der Waals surface area contributed by atoms with Gasteiger partial charge in [-0.15, -0.1) is 0 Å². The Morgan fingerprint density at radius 3 is 2.38 bits per heavy atom. The Hall–Kier alpha value is -1.50. The summed E-state index contributed by atoms with van der Waals surface area (Å²) in [6.07, 6.45) is -0.0458. The van der Waals surface area contributed by atoms with Crippen molar-refractivity contribution in [2.45, 2.75) is 46.3 Å². The molecular weight excluding hydrogens is 413 g/mol. The van der Waals surface area contributed by atoms with E-state index in [0.717, 1.165) is 25.2 Å². The van der Waals surface area contributed by atoms with Crippen LogP contribution < -0.4 is 5.32 Å². The van der Waals surface area contributed by atoms with Crippen LogP contribution in [0.3, 0.4) is 0 Å². The predicted molar refractivity (Wildman–Crippen MR) is 116 cm³/mol. The molecule has 0 radical (unpaired) electrons. The number of carbonyl (C=O) groups excluding carboxylic acids is 2. The van der Waals surface area contributed by atoms with Crippen molar-refractivity contribution in [2.24, 2.45) is 5.92 Å². The van der Waals surface area contributed by atoms with Crippen molar-refractivity contribution in [3.8, 4) is 0 Å². The molecular formula is C21H31Cl2N3O3. The summed E-state index contributed by atoms with van der Waals surface area (Å²) in [5.74, 6) is 0.168. The van der Waals surface area contributed by atoms with Crippen LogP contribution in [0, 0.1) is 5.92 Å². The van der Waals surface area contributed by atoms with E-state index in [2.05, 4.69) is 10.2 Å². The minimum absolute atomic E-state index is 0.0456. The van der Waals surface area contributed by atoms with Gasteiger partial charge in [-0.25, -0.2) is 4.79 Å². The largest absolute Gasteiger partial charge is 0.444 e. The average molecular weight is 444 g/mol. The molecule has 1 aromatic carbocycles. The van der Waals surface area contributed by atoms with Crippen LogP contribution in [0.1, 0.15) is 39.7 Å². The molecule has 1 atom stereocenters. The SMILES string of the molecule is CC(CNC(=O)OC(C)(C)C)CC(=O)N1CCN(Cc2ccc(Cl)c(Cl)c2)CC1. The number of rotatable bonds is 6. The Balaban J connectivity index is 1.71. The van der Waals surface area contributed by atoms with Gasteiger partial charge in [0.15, 0.2) is 0 Å². The van der Waals surface area contributed by atoms with E-state index in [4.69, 9.17) is 27.9 Å². The zero-order chi connectivity index (χ0) is 21.6. The minimum Gasteiger partial charge on any atom is -0.444 e. The summed E-state index contributed by atoms with van der Waals surface area (Å²) >= 11 is 12.1. The van der Waals surface area contributed by atoms with E-state index in [1.807, 2.05) is 50.8 Å². The molecule has 1 aliphatic heterocycles. The molecule has 1 fully saturated rings. The van der Waals surface area contributed by atoms with E-state index in [-0.39, 0.29) is 11.8 Å². The number of alkyl carbamates (subject to hydrolysis) is 1. The van der Waals surface area contributed by atoms with Crippen molar-refractivity contribution in [1.29, 1.82) is 0 Å². The van der Waals surface area contributed by atoms with Gasteiger partial charge in [-0.3, -0.25) is 9.69 Å². The van der Waals surface area contributed by atoms with Crippen molar-refractivity contribution in [2.75, 3.05) is 32.7 Å². The number of carbonyl (C=O) groups is 2. The molecule has 29 heavy (non-hydrogen) atoms. The maximum absolute atomic E-state index is 12.6. The van der Waals surface area contributed by atoms with Crippen molar-refractivity contribution < 1.29 is 14.3 Å². The maximum Gasteiger partial charge on any atom is 0.407 e. The average Bonchev–Trinajstić information content (AvgIpc) is 2.62. The van der Waals surface area contributed by atoms with Crippen LogP contribution in [-0.4, -0.2) is 60.1 Å². The summed E-state index contributed by atoms with van der Waals surface area (Å²) in [5, 5.41) is 3.85. The first-order valence-corrected chi connectivity index (χ1v) is 10.7. The van der Waals surface area contributed by atoms with Crippen molar-refractivity contribution in [3.05, 3.63) is 33.8 Å². The number of piperazine rings is 1. The molecule has 0 bridgehead atoms. The van der Waals surface area contributed by atoms with E-state index in [9.17, 15) is 9.59 Å². The van der Waals surface area contributed by atoms with Gasteiger partial charge in [0.2, 0.25) is 5.91 Å².